The zero-order valence-electron chi connectivity index (χ0n) is 10.6. The standard InChI is InChI=1S/C12H18N2O3S/c1-3-17-12-5-4-11(6-9(12)2)18(15,16)14-7-10(13)8-14/h4-6,10H,3,7-8,13H2,1-2H3. The summed E-state index contributed by atoms with van der Waals surface area (Å²) < 4.78 is 31.2. The molecule has 0 amide bonds. The van der Waals surface area contributed by atoms with E-state index in [2.05, 4.69) is 0 Å². The fraction of sp³-hybridized carbons (Fsp3) is 0.500. The number of nitrogens with two attached hydrogens (primary N) is 1. The minimum absolute atomic E-state index is 0.0384. The van der Waals surface area contributed by atoms with Crippen LogP contribution in [0.15, 0.2) is 23.1 Å². The van der Waals surface area contributed by atoms with Crippen LogP contribution in [0.5, 0.6) is 5.75 Å². The van der Waals surface area contributed by atoms with Gasteiger partial charge in [0.05, 0.1) is 11.5 Å². The van der Waals surface area contributed by atoms with Gasteiger partial charge in [0, 0.05) is 19.1 Å². The largest absolute Gasteiger partial charge is 0.494 e. The summed E-state index contributed by atoms with van der Waals surface area (Å²) in [6.45, 7) is 5.09. The van der Waals surface area contributed by atoms with Gasteiger partial charge in [0.15, 0.2) is 0 Å². The third-order valence-corrected chi connectivity index (χ3v) is 4.79. The van der Waals surface area contributed by atoms with Crippen LogP contribution in [-0.4, -0.2) is 38.5 Å². The van der Waals surface area contributed by atoms with Crippen molar-refractivity contribution in [3.05, 3.63) is 23.8 Å². The average Bonchev–Trinajstić information content (AvgIpc) is 2.27. The van der Waals surface area contributed by atoms with Gasteiger partial charge in [0.2, 0.25) is 10.0 Å². The van der Waals surface area contributed by atoms with E-state index in [1.165, 1.54) is 4.31 Å². The summed E-state index contributed by atoms with van der Waals surface area (Å²) in [6.07, 6.45) is 0. The molecule has 1 fully saturated rings. The van der Waals surface area contributed by atoms with Crippen molar-refractivity contribution in [2.45, 2.75) is 24.8 Å². The van der Waals surface area contributed by atoms with Crippen molar-refractivity contribution in [3.63, 3.8) is 0 Å². The predicted molar refractivity (Wildman–Crippen MR) is 69.1 cm³/mol. The Hall–Kier alpha value is -1.11. The molecule has 1 aliphatic heterocycles. The number of hydrogen-bond donors (Lipinski definition) is 1. The molecule has 2 N–H and O–H groups in total. The molecule has 6 heteroatoms. The highest BCUT2D eigenvalue weighted by molar-refractivity contribution is 7.89. The van der Waals surface area contributed by atoms with Crippen molar-refractivity contribution in [1.82, 2.24) is 4.31 Å². The molecule has 0 unspecified atom stereocenters. The third kappa shape index (κ3) is 2.36. The predicted octanol–water partition coefficient (Wildman–Crippen LogP) is 0.725. The van der Waals surface area contributed by atoms with Gasteiger partial charge in [-0.3, -0.25) is 0 Å². The Bertz CT molecular complexity index is 536. The lowest BCUT2D eigenvalue weighted by Crippen LogP contribution is -2.57. The second kappa shape index (κ2) is 4.87. The number of nitrogens with zero attached hydrogens (tertiary/aromatic N) is 1. The Balaban J connectivity index is 2.26. The van der Waals surface area contributed by atoms with E-state index in [1.54, 1.807) is 18.2 Å². The summed E-state index contributed by atoms with van der Waals surface area (Å²) in [5.74, 6) is 0.719. The van der Waals surface area contributed by atoms with Crippen molar-refractivity contribution >= 4 is 10.0 Å². The first-order valence-corrected chi connectivity index (χ1v) is 7.38. The van der Waals surface area contributed by atoms with Crippen LogP contribution in [0.3, 0.4) is 0 Å². The minimum atomic E-state index is -3.39. The Morgan fingerprint density at radius 3 is 2.61 bits per heavy atom. The summed E-state index contributed by atoms with van der Waals surface area (Å²) in [6, 6.07) is 4.89. The molecule has 1 saturated heterocycles. The second-order valence-corrected chi connectivity index (χ2v) is 6.38. The Morgan fingerprint density at radius 2 is 2.11 bits per heavy atom. The maximum atomic E-state index is 12.2. The van der Waals surface area contributed by atoms with Crippen LogP contribution in [0.2, 0.25) is 0 Å². The number of sulfonamides is 1. The quantitative estimate of drug-likeness (QED) is 0.875. The van der Waals surface area contributed by atoms with E-state index in [0.717, 1.165) is 11.3 Å². The normalized spacial score (nSPS) is 17.5. The topological polar surface area (TPSA) is 72.6 Å². The van der Waals surface area contributed by atoms with Gasteiger partial charge >= 0.3 is 0 Å². The Kier molecular flexibility index (Phi) is 3.61. The van der Waals surface area contributed by atoms with Gasteiger partial charge in [0.1, 0.15) is 5.75 Å². The Labute approximate surface area is 108 Å². The van der Waals surface area contributed by atoms with Crippen LogP contribution < -0.4 is 10.5 Å². The van der Waals surface area contributed by atoms with Crippen LogP contribution in [-0.2, 0) is 10.0 Å². The zero-order valence-corrected chi connectivity index (χ0v) is 11.4. The fourth-order valence-electron chi connectivity index (χ4n) is 1.91. The number of rotatable bonds is 4. The molecule has 0 saturated carbocycles. The van der Waals surface area contributed by atoms with Gasteiger partial charge in [-0.25, -0.2) is 8.42 Å². The zero-order chi connectivity index (χ0) is 13.3. The second-order valence-electron chi connectivity index (χ2n) is 4.44. The molecule has 0 bridgehead atoms. The van der Waals surface area contributed by atoms with E-state index in [9.17, 15) is 8.42 Å². The molecule has 1 aromatic rings. The summed E-state index contributed by atoms with van der Waals surface area (Å²) in [7, 11) is -3.39. The monoisotopic (exact) mass is 270 g/mol. The van der Waals surface area contributed by atoms with Gasteiger partial charge in [-0.15, -0.1) is 0 Å². The van der Waals surface area contributed by atoms with Crippen LogP contribution >= 0.6 is 0 Å². The summed E-state index contributed by atoms with van der Waals surface area (Å²) in [5.41, 5.74) is 6.43. The molecule has 2 rings (SSSR count). The molecular weight excluding hydrogens is 252 g/mol. The lowest BCUT2D eigenvalue weighted by molar-refractivity contribution is 0.265. The van der Waals surface area contributed by atoms with Gasteiger partial charge in [0.25, 0.3) is 0 Å². The van der Waals surface area contributed by atoms with Crippen molar-refractivity contribution in [1.29, 1.82) is 0 Å². The maximum Gasteiger partial charge on any atom is 0.243 e. The summed E-state index contributed by atoms with van der Waals surface area (Å²) in [4.78, 5) is 0.301. The molecule has 1 aromatic carbocycles. The highest BCUT2D eigenvalue weighted by Crippen LogP contribution is 2.26. The molecule has 18 heavy (non-hydrogen) atoms. The van der Waals surface area contributed by atoms with Crippen LogP contribution in [0.25, 0.3) is 0 Å². The van der Waals surface area contributed by atoms with Crippen molar-refractivity contribution < 1.29 is 13.2 Å². The average molecular weight is 270 g/mol. The number of aryl methyl sites for hydroxylation is 1. The van der Waals surface area contributed by atoms with E-state index in [-0.39, 0.29) is 6.04 Å². The molecule has 5 nitrogen and oxygen atoms in total. The maximum absolute atomic E-state index is 12.2. The van der Waals surface area contributed by atoms with Crippen LogP contribution in [0, 0.1) is 6.92 Å². The molecule has 0 atom stereocenters. The SMILES string of the molecule is CCOc1ccc(S(=O)(=O)N2CC(N)C2)cc1C. The van der Waals surface area contributed by atoms with Gasteiger partial charge < -0.3 is 10.5 Å². The van der Waals surface area contributed by atoms with E-state index >= 15 is 0 Å². The molecule has 0 radical (unpaired) electrons. The highest BCUT2D eigenvalue weighted by Gasteiger charge is 2.34. The first-order valence-electron chi connectivity index (χ1n) is 5.94. The third-order valence-electron chi connectivity index (χ3n) is 2.96. The summed E-state index contributed by atoms with van der Waals surface area (Å²) >= 11 is 0. The van der Waals surface area contributed by atoms with Gasteiger partial charge in [-0.05, 0) is 37.6 Å². The highest BCUT2D eigenvalue weighted by atomic mass is 32.2. The van der Waals surface area contributed by atoms with Gasteiger partial charge in [-0.1, -0.05) is 0 Å². The fourth-order valence-corrected chi connectivity index (χ4v) is 3.55. The van der Waals surface area contributed by atoms with E-state index in [1.807, 2.05) is 13.8 Å². The smallest absolute Gasteiger partial charge is 0.243 e. The minimum Gasteiger partial charge on any atom is -0.494 e. The van der Waals surface area contributed by atoms with Crippen LogP contribution in [0.1, 0.15) is 12.5 Å². The molecule has 0 spiro atoms. The lowest BCUT2D eigenvalue weighted by atomic mass is 10.2. The van der Waals surface area contributed by atoms with Gasteiger partial charge in [-0.2, -0.15) is 4.31 Å². The molecule has 0 aromatic heterocycles. The summed E-state index contributed by atoms with van der Waals surface area (Å²) in [5, 5.41) is 0. The van der Waals surface area contributed by atoms with Crippen molar-refractivity contribution in [3.8, 4) is 5.75 Å². The first kappa shape index (κ1) is 13.3. The molecular formula is C12H18N2O3S. The van der Waals surface area contributed by atoms with E-state index < -0.39 is 10.0 Å². The number of benzene rings is 1. The first-order chi connectivity index (χ1) is 8.45. The van der Waals surface area contributed by atoms with E-state index in [4.69, 9.17) is 10.5 Å². The lowest BCUT2D eigenvalue weighted by Gasteiger charge is -2.35. The molecule has 1 heterocycles. The van der Waals surface area contributed by atoms with Crippen molar-refractivity contribution in [2.24, 2.45) is 5.73 Å². The molecule has 1 aliphatic rings. The van der Waals surface area contributed by atoms with E-state index in [0.29, 0.717) is 24.6 Å². The van der Waals surface area contributed by atoms with Crippen LogP contribution in [0.4, 0.5) is 0 Å². The number of ether oxygens (including phenoxy) is 1. The Morgan fingerprint density at radius 1 is 1.44 bits per heavy atom. The number of hydrogen-bond acceptors (Lipinski definition) is 4. The molecule has 100 valence electrons. The van der Waals surface area contributed by atoms with Crippen molar-refractivity contribution in [2.75, 3.05) is 19.7 Å². The molecule has 0 aliphatic carbocycles.